The summed E-state index contributed by atoms with van der Waals surface area (Å²) < 4.78 is 5.49. The van der Waals surface area contributed by atoms with Gasteiger partial charge in [0.25, 0.3) is 0 Å². The molecule has 0 bridgehead atoms. The SMILES string of the molecule is CCC(C)CSCC(O)COc1ccccc1N. The van der Waals surface area contributed by atoms with Crippen molar-refractivity contribution in [2.75, 3.05) is 23.8 Å². The number of hydrogen-bond donors (Lipinski definition) is 2. The van der Waals surface area contributed by atoms with Crippen molar-refractivity contribution in [1.82, 2.24) is 0 Å². The van der Waals surface area contributed by atoms with Crippen LogP contribution >= 0.6 is 11.8 Å². The van der Waals surface area contributed by atoms with E-state index in [9.17, 15) is 5.11 Å². The molecule has 3 nitrogen and oxygen atoms in total. The standard InChI is InChI=1S/C14H23NO2S/c1-3-11(2)9-18-10-12(16)8-17-14-7-5-4-6-13(14)15/h4-7,11-12,16H,3,8-10,15H2,1-2H3. The van der Waals surface area contributed by atoms with Gasteiger partial charge in [0.2, 0.25) is 0 Å². The number of aliphatic hydroxyl groups excluding tert-OH is 1. The Kier molecular flexibility index (Phi) is 6.98. The number of aliphatic hydroxyl groups is 1. The second kappa shape index (κ2) is 8.27. The zero-order valence-corrected chi connectivity index (χ0v) is 12.0. The third-order valence-electron chi connectivity index (χ3n) is 2.76. The number of nitrogen functional groups attached to an aromatic ring is 1. The number of ether oxygens (including phenoxy) is 1. The first-order chi connectivity index (χ1) is 8.63. The number of rotatable bonds is 8. The lowest BCUT2D eigenvalue weighted by molar-refractivity contribution is 0.127. The van der Waals surface area contributed by atoms with E-state index in [-0.39, 0.29) is 0 Å². The minimum absolute atomic E-state index is 0.293. The number of benzene rings is 1. The highest BCUT2D eigenvalue weighted by Gasteiger charge is 2.08. The molecule has 102 valence electrons. The summed E-state index contributed by atoms with van der Waals surface area (Å²) in [5.41, 5.74) is 6.36. The van der Waals surface area contributed by atoms with Crippen LogP contribution in [0.1, 0.15) is 20.3 Å². The molecule has 0 aliphatic carbocycles. The van der Waals surface area contributed by atoms with Crippen LogP contribution in [-0.2, 0) is 0 Å². The van der Waals surface area contributed by atoms with Gasteiger partial charge in [-0.25, -0.2) is 0 Å². The normalized spacial score (nSPS) is 14.2. The third-order valence-corrected chi connectivity index (χ3v) is 4.18. The first-order valence-electron chi connectivity index (χ1n) is 6.36. The average molecular weight is 269 g/mol. The Morgan fingerprint density at radius 3 is 2.72 bits per heavy atom. The Labute approximate surface area is 114 Å². The van der Waals surface area contributed by atoms with Crippen molar-refractivity contribution in [2.45, 2.75) is 26.4 Å². The van der Waals surface area contributed by atoms with E-state index in [1.807, 2.05) is 18.2 Å². The van der Waals surface area contributed by atoms with Crippen LogP contribution in [0.3, 0.4) is 0 Å². The van der Waals surface area contributed by atoms with Gasteiger partial charge in [0, 0.05) is 5.75 Å². The van der Waals surface area contributed by atoms with Gasteiger partial charge in [-0.15, -0.1) is 0 Å². The molecule has 1 aromatic rings. The van der Waals surface area contributed by atoms with Crippen LogP contribution in [0.25, 0.3) is 0 Å². The van der Waals surface area contributed by atoms with Gasteiger partial charge in [-0.1, -0.05) is 32.4 Å². The molecule has 18 heavy (non-hydrogen) atoms. The molecule has 0 aliphatic heterocycles. The Balaban J connectivity index is 2.21. The van der Waals surface area contributed by atoms with Crippen molar-refractivity contribution in [1.29, 1.82) is 0 Å². The van der Waals surface area contributed by atoms with Gasteiger partial charge in [0.05, 0.1) is 11.8 Å². The number of nitrogens with two attached hydrogens (primary N) is 1. The van der Waals surface area contributed by atoms with Crippen LogP contribution in [0, 0.1) is 5.92 Å². The van der Waals surface area contributed by atoms with Gasteiger partial charge in [0.1, 0.15) is 12.4 Å². The molecule has 1 rings (SSSR count). The molecule has 2 unspecified atom stereocenters. The Morgan fingerprint density at radius 1 is 1.33 bits per heavy atom. The predicted octanol–water partition coefficient (Wildman–Crippen LogP) is 2.79. The first-order valence-corrected chi connectivity index (χ1v) is 7.52. The number of thioether (sulfide) groups is 1. The van der Waals surface area contributed by atoms with E-state index in [0.29, 0.717) is 29.7 Å². The maximum absolute atomic E-state index is 9.80. The smallest absolute Gasteiger partial charge is 0.142 e. The Morgan fingerprint density at radius 2 is 2.06 bits per heavy atom. The summed E-state index contributed by atoms with van der Waals surface area (Å²) in [6, 6.07) is 7.34. The fourth-order valence-corrected chi connectivity index (χ4v) is 2.51. The lowest BCUT2D eigenvalue weighted by Gasteiger charge is -2.14. The molecule has 0 saturated carbocycles. The molecule has 3 N–H and O–H groups in total. The van der Waals surface area contributed by atoms with Crippen LogP contribution < -0.4 is 10.5 Å². The summed E-state index contributed by atoms with van der Waals surface area (Å²) >= 11 is 1.77. The van der Waals surface area contributed by atoms with Crippen LogP contribution in [-0.4, -0.2) is 29.3 Å². The van der Waals surface area contributed by atoms with Gasteiger partial charge in [-0.2, -0.15) is 11.8 Å². The molecule has 0 fully saturated rings. The lowest BCUT2D eigenvalue weighted by Crippen LogP contribution is -2.21. The zero-order valence-electron chi connectivity index (χ0n) is 11.1. The highest BCUT2D eigenvalue weighted by Crippen LogP contribution is 2.20. The minimum atomic E-state index is -0.446. The zero-order chi connectivity index (χ0) is 13.4. The maximum Gasteiger partial charge on any atom is 0.142 e. The summed E-state index contributed by atoms with van der Waals surface area (Å²) in [6.07, 6.45) is 0.735. The Bertz CT molecular complexity index is 346. The van der Waals surface area contributed by atoms with E-state index in [4.69, 9.17) is 10.5 Å². The molecule has 0 aromatic heterocycles. The van der Waals surface area contributed by atoms with Gasteiger partial charge in [-0.3, -0.25) is 0 Å². The van der Waals surface area contributed by atoms with Crippen LogP contribution in [0.15, 0.2) is 24.3 Å². The third kappa shape index (κ3) is 5.65. The van der Waals surface area contributed by atoms with Crippen molar-refractivity contribution in [3.8, 4) is 5.75 Å². The van der Waals surface area contributed by atoms with Crippen molar-refractivity contribution in [2.24, 2.45) is 5.92 Å². The second-order valence-corrected chi connectivity index (χ2v) is 5.63. The minimum Gasteiger partial charge on any atom is -0.489 e. The summed E-state index contributed by atoms with van der Waals surface area (Å²) in [5.74, 6) is 3.13. The Hall–Kier alpha value is -0.870. The lowest BCUT2D eigenvalue weighted by atomic mass is 10.2. The van der Waals surface area contributed by atoms with Crippen molar-refractivity contribution in [3.05, 3.63) is 24.3 Å². The molecule has 0 aliphatic rings. The van der Waals surface area contributed by atoms with E-state index < -0.39 is 6.10 Å². The van der Waals surface area contributed by atoms with Crippen molar-refractivity contribution < 1.29 is 9.84 Å². The highest BCUT2D eigenvalue weighted by atomic mass is 32.2. The molecular weight excluding hydrogens is 246 g/mol. The number of hydrogen-bond acceptors (Lipinski definition) is 4. The van der Waals surface area contributed by atoms with Crippen LogP contribution in [0.4, 0.5) is 5.69 Å². The predicted molar refractivity (Wildman–Crippen MR) is 79.1 cm³/mol. The highest BCUT2D eigenvalue weighted by molar-refractivity contribution is 7.99. The first kappa shape index (κ1) is 15.2. The molecule has 0 heterocycles. The molecular formula is C14H23NO2S. The maximum atomic E-state index is 9.80. The monoisotopic (exact) mass is 269 g/mol. The van der Waals surface area contributed by atoms with Gasteiger partial charge >= 0.3 is 0 Å². The molecule has 0 radical (unpaired) electrons. The summed E-state index contributed by atoms with van der Waals surface area (Å²) in [4.78, 5) is 0. The van der Waals surface area contributed by atoms with Gasteiger partial charge in [-0.05, 0) is 23.8 Å². The molecule has 0 saturated heterocycles. The summed E-state index contributed by atoms with van der Waals surface area (Å²) in [5, 5.41) is 9.80. The topological polar surface area (TPSA) is 55.5 Å². The van der Waals surface area contributed by atoms with Gasteiger partial charge in [0.15, 0.2) is 0 Å². The largest absolute Gasteiger partial charge is 0.489 e. The fraction of sp³-hybridized carbons (Fsp3) is 0.571. The second-order valence-electron chi connectivity index (χ2n) is 4.55. The number of para-hydroxylation sites is 2. The summed E-state index contributed by atoms with van der Waals surface area (Å²) in [6.45, 7) is 4.70. The van der Waals surface area contributed by atoms with Crippen molar-refractivity contribution in [3.63, 3.8) is 0 Å². The van der Waals surface area contributed by atoms with Crippen LogP contribution in [0.2, 0.25) is 0 Å². The molecule has 0 spiro atoms. The fourth-order valence-electron chi connectivity index (χ4n) is 1.37. The molecule has 2 atom stereocenters. The van der Waals surface area contributed by atoms with Crippen LogP contribution in [0.5, 0.6) is 5.75 Å². The van der Waals surface area contributed by atoms with E-state index in [1.165, 1.54) is 6.42 Å². The summed E-state index contributed by atoms with van der Waals surface area (Å²) in [7, 11) is 0. The molecule has 1 aromatic carbocycles. The van der Waals surface area contributed by atoms with Crippen molar-refractivity contribution >= 4 is 17.4 Å². The average Bonchev–Trinajstić information content (AvgIpc) is 2.37. The molecule has 0 amide bonds. The van der Waals surface area contributed by atoms with E-state index >= 15 is 0 Å². The molecule has 4 heteroatoms. The van der Waals surface area contributed by atoms with Gasteiger partial charge < -0.3 is 15.6 Å². The van der Waals surface area contributed by atoms with E-state index in [2.05, 4.69) is 13.8 Å². The quantitative estimate of drug-likeness (QED) is 0.713. The number of anilines is 1. The van der Waals surface area contributed by atoms with E-state index in [0.717, 1.165) is 5.75 Å². The van der Waals surface area contributed by atoms with E-state index in [1.54, 1.807) is 17.8 Å².